The zero-order valence-corrected chi connectivity index (χ0v) is 26.8. The SMILES string of the molecule is CCCCCCCC(Cc1cc(C(C)(C)C)c(O)c(C(C)(C)C)c1)C(=O)O.CCCCCCCOC(=O)CC. The number of benzene rings is 1. The lowest BCUT2D eigenvalue weighted by molar-refractivity contribution is -0.143. The van der Waals surface area contributed by atoms with E-state index in [1.165, 1.54) is 44.9 Å². The first kappa shape index (κ1) is 37.0. The highest BCUT2D eigenvalue weighted by Crippen LogP contribution is 2.40. The molecule has 1 atom stereocenters. The molecule has 0 saturated heterocycles. The average molecular weight is 549 g/mol. The van der Waals surface area contributed by atoms with Crippen molar-refractivity contribution < 1.29 is 24.5 Å². The van der Waals surface area contributed by atoms with Gasteiger partial charge in [-0.1, -0.05) is 132 Å². The van der Waals surface area contributed by atoms with E-state index in [0.717, 1.165) is 42.4 Å². The third-order valence-electron chi connectivity index (χ3n) is 7.07. The predicted octanol–water partition coefficient (Wildman–Crippen LogP) is 9.50. The van der Waals surface area contributed by atoms with Crippen molar-refractivity contribution in [1.82, 2.24) is 0 Å². The Bertz CT molecular complexity index is 794. The number of rotatable bonds is 16. The molecule has 0 heterocycles. The van der Waals surface area contributed by atoms with E-state index in [-0.39, 0.29) is 22.7 Å². The third kappa shape index (κ3) is 16.0. The number of carboxylic acids is 1. The van der Waals surface area contributed by atoms with Crippen LogP contribution in [0.5, 0.6) is 5.75 Å². The van der Waals surface area contributed by atoms with Crippen molar-refractivity contribution in [2.45, 2.75) is 157 Å². The van der Waals surface area contributed by atoms with Gasteiger partial charge in [-0.3, -0.25) is 9.59 Å². The van der Waals surface area contributed by atoms with Crippen molar-refractivity contribution in [2.24, 2.45) is 5.92 Å². The highest BCUT2D eigenvalue weighted by Gasteiger charge is 2.28. The summed E-state index contributed by atoms with van der Waals surface area (Å²) in [6.07, 6.45) is 13.4. The van der Waals surface area contributed by atoms with Crippen molar-refractivity contribution >= 4 is 11.9 Å². The van der Waals surface area contributed by atoms with Crippen molar-refractivity contribution in [3.63, 3.8) is 0 Å². The topological polar surface area (TPSA) is 83.8 Å². The molecule has 2 N–H and O–H groups in total. The van der Waals surface area contributed by atoms with Gasteiger partial charge in [0.05, 0.1) is 12.5 Å². The number of ether oxygens (including phenoxy) is 1. The number of carbonyl (C=O) groups excluding carboxylic acids is 1. The molecule has 0 aliphatic rings. The molecule has 0 fully saturated rings. The van der Waals surface area contributed by atoms with Crippen LogP contribution in [0, 0.1) is 5.92 Å². The normalized spacial score (nSPS) is 12.4. The van der Waals surface area contributed by atoms with Gasteiger partial charge in [0.1, 0.15) is 5.75 Å². The summed E-state index contributed by atoms with van der Waals surface area (Å²) < 4.78 is 4.93. The Kier molecular flexibility index (Phi) is 18.1. The molecule has 0 aliphatic heterocycles. The maximum atomic E-state index is 11.8. The highest BCUT2D eigenvalue weighted by atomic mass is 16.5. The summed E-state index contributed by atoms with van der Waals surface area (Å²) in [5, 5.41) is 20.5. The van der Waals surface area contributed by atoms with Gasteiger partial charge < -0.3 is 14.9 Å². The van der Waals surface area contributed by atoms with Gasteiger partial charge in [-0.15, -0.1) is 0 Å². The molecule has 1 unspecified atom stereocenters. The minimum atomic E-state index is -0.715. The maximum absolute atomic E-state index is 11.8. The lowest BCUT2D eigenvalue weighted by atomic mass is 9.77. The summed E-state index contributed by atoms with van der Waals surface area (Å²) in [4.78, 5) is 22.5. The molecule has 0 radical (unpaired) electrons. The van der Waals surface area contributed by atoms with Gasteiger partial charge in [0.25, 0.3) is 0 Å². The van der Waals surface area contributed by atoms with Gasteiger partial charge in [0.2, 0.25) is 0 Å². The Labute approximate surface area is 240 Å². The van der Waals surface area contributed by atoms with E-state index >= 15 is 0 Å². The number of aromatic hydroxyl groups is 1. The van der Waals surface area contributed by atoms with Crippen LogP contribution in [0.3, 0.4) is 0 Å². The van der Waals surface area contributed by atoms with Gasteiger partial charge in [0.15, 0.2) is 0 Å². The van der Waals surface area contributed by atoms with Crippen LogP contribution in [-0.2, 0) is 31.6 Å². The van der Waals surface area contributed by atoms with Crippen LogP contribution in [-0.4, -0.2) is 28.8 Å². The van der Waals surface area contributed by atoms with Crippen molar-refractivity contribution in [3.05, 3.63) is 28.8 Å². The van der Waals surface area contributed by atoms with Crippen LogP contribution in [0.1, 0.15) is 156 Å². The van der Waals surface area contributed by atoms with E-state index in [1.807, 2.05) is 19.1 Å². The summed E-state index contributed by atoms with van der Waals surface area (Å²) in [6, 6.07) is 4.02. The number of carbonyl (C=O) groups is 2. The second-order valence-electron chi connectivity index (χ2n) is 13.0. The van der Waals surface area contributed by atoms with Crippen LogP contribution in [0.15, 0.2) is 12.1 Å². The first-order valence-electron chi connectivity index (χ1n) is 15.4. The molecule has 0 amide bonds. The highest BCUT2D eigenvalue weighted by molar-refractivity contribution is 5.70. The number of phenolic OH excluding ortho intramolecular Hbond substituents is 1. The Balaban J connectivity index is 0.00000101. The van der Waals surface area contributed by atoms with Gasteiger partial charge in [-0.2, -0.15) is 0 Å². The Morgan fingerprint density at radius 3 is 1.64 bits per heavy atom. The Morgan fingerprint density at radius 1 is 0.769 bits per heavy atom. The van der Waals surface area contributed by atoms with Crippen LogP contribution in [0.25, 0.3) is 0 Å². The number of hydrogen-bond acceptors (Lipinski definition) is 4. The van der Waals surface area contributed by atoms with E-state index in [9.17, 15) is 19.8 Å². The molecule has 39 heavy (non-hydrogen) atoms. The van der Waals surface area contributed by atoms with Gasteiger partial charge in [-0.25, -0.2) is 0 Å². The third-order valence-corrected chi connectivity index (χ3v) is 7.07. The fourth-order valence-corrected chi connectivity index (χ4v) is 4.54. The standard InChI is InChI=1S/C24H40O3.C10H20O2/c1-8-9-10-11-12-13-18(22(26)27)14-17-15-19(23(2,3)4)21(25)20(16-17)24(5,6)7;1-3-5-6-7-8-9-12-10(11)4-2/h15-16,18,25H,8-14H2,1-7H3,(H,26,27);3-9H2,1-2H3. The predicted molar refractivity (Wildman–Crippen MR) is 164 cm³/mol. The molecule has 5 nitrogen and oxygen atoms in total. The largest absolute Gasteiger partial charge is 0.507 e. The minimum Gasteiger partial charge on any atom is -0.507 e. The second-order valence-corrected chi connectivity index (χ2v) is 13.0. The average Bonchev–Trinajstić information content (AvgIpc) is 2.84. The van der Waals surface area contributed by atoms with E-state index in [4.69, 9.17) is 4.74 Å². The molecular weight excluding hydrogens is 488 g/mol. The smallest absolute Gasteiger partial charge is 0.306 e. The van der Waals surface area contributed by atoms with Crippen molar-refractivity contribution in [2.75, 3.05) is 6.61 Å². The van der Waals surface area contributed by atoms with Crippen molar-refractivity contribution in [3.8, 4) is 5.75 Å². The first-order valence-corrected chi connectivity index (χ1v) is 15.4. The lowest BCUT2D eigenvalue weighted by Crippen LogP contribution is -2.20. The summed E-state index contributed by atoms with van der Waals surface area (Å²) in [6.45, 7) is 19.3. The molecular formula is C34H60O5. The van der Waals surface area contributed by atoms with Crippen LogP contribution >= 0.6 is 0 Å². The molecule has 0 aliphatic carbocycles. The van der Waals surface area contributed by atoms with Gasteiger partial charge in [0, 0.05) is 6.42 Å². The number of esters is 1. The van der Waals surface area contributed by atoms with E-state index in [1.54, 1.807) is 0 Å². The van der Waals surface area contributed by atoms with Gasteiger partial charge in [-0.05, 0) is 46.8 Å². The summed E-state index contributed by atoms with van der Waals surface area (Å²) >= 11 is 0. The second kappa shape index (κ2) is 19.1. The fourth-order valence-electron chi connectivity index (χ4n) is 4.54. The first-order chi connectivity index (χ1) is 18.2. The molecule has 1 aromatic carbocycles. The van der Waals surface area contributed by atoms with E-state index in [0.29, 0.717) is 25.2 Å². The zero-order chi connectivity index (χ0) is 30.1. The molecule has 226 valence electrons. The summed E-state index contributed by atoms with van der Waals surface area (Å²) in [5.74, 6) is -0.805. The maximum Gasteiger partial charge on any atom is 0.306 e. The molecule has 0 bridgehead atoms. The summed E-state index contributed by atoms with van der Waals surface area (Å²) in [5.41, 5.74) is 2.43. The Morgan fingerprint density at radius 2 is 1.23 bits per heavy atom. The zero-order valence-electron chi connectivity index (χ0n) is 26.8. The van der Waals surface area contributed by atoms with Crippen LogP contribution in [0.4, 0.5) is 0 Å². The fraction of sp³-hybridized carbons (Fsp3) is 0.765. The molecule has 0 aromatic heterocycles. The van der Waals surface area contributed by atoms with Crippen LogP contribution < -0.4 is 0 Å². The minimum absolute atomic E-state index is 0.0782. The van der Waals surface area contributed by atoms with E-state index < -0.39 is 5.97 Å². The summed E-state index contributed by atoms with van der Waals surface area (Å²) in [7, 11) is 0. The molecule has 0 saturated carbocycles. The van der Waals surface area contributed by atoms with Crippen LogP contribution in [0.2, 0.25) is 0 Å². The van der Waals surface area contributed by atoms with Crippen molar-refractivity contribution in [1.29, 1.82) is 0 Å². The molecule has 1 rings (SSSR count). The molecule has 0 spiro atoms. The molecule has 5 heteroatoms. The quantitative estimate of drug-likeness (QED) is 0.159. The number of carboxylic acid groups (broad SMARTS) is 1. The molecule has 1 aromatic rings. The van der Waals surface area contributed by atoms with Gasteiger partial charge >= 0.3 is 11.9 Å². The Hall–Kier alpha value is -2.04. The monoisotopic (exact) mass is 548 g/mol. The number of aliphatic carboxylic acids is 1. The lowest BCUT2D eigenvalue weighted by Gasteiger charge is -2.28. The number of hydrogen-bond donors (Lipinski definition) is 2. The van der Waals surface area contributed by atoms with E-state index in [2.05, 4.69) is 55.4 Å². The number of unbranched alkanes of at least 4 members (excludes halogenated alkanes) is 8. The number of phenols is 1.